The summed E-state index contributed by atoms with van der Waals surface area (Å²) in [5.74, 6) is -0.691. The highest BCUT2D eigenvalue weighted by Gasteiger charge is 2.51. The molecule has 2 aromatic rings. The standard InChI is InChI=1S/C18H18FNO3S/c19-15-8-6-14(7-9-15)18(10-11-18)17(21)20-12-13-24(22,23)16-4-2-1-3-5-16/h1-9H,10-13H2,(H,20,21). The number of carbonyl (C=O) groups excluding carboxylic acids is 1. The number of halogens is 1. The average molecular weight is 347 g/mol. The van der Waals surface area contributed by atoms with Crippen LogP contribution in [0, 0.1) is 5.82 Å². The van der Waals surface area contributed by atoms with Crippen LogP contribution in [0.15, 0.2) is 59.5 Å². The highest BCUT2D eigenvalue weighted by molar-refractivity contribution is 7.91. The van der Waals surface area contributed by atoms with Crippen molar-refractivity contribution < 1.29 is 17.6 Å². The van der Waals surface area contributed by atoms with Gasteiger partial charge in [-0.3, -0.25) is 4.79 Å². The zero-order chi connectivity index (χ0) is 17.2. The van der Waals surface area contributed by atoms with Crippen molar-refractivity contribution in [2.75, 3.05) is 12.3 Å². The van der Waals surface area contributed by atoms with E-state index >= 15 is 0 Å². The summed E-state index contributed by atoms with van der Waals surface area (Å²) in [7, 11) is -3.42. The molecule has 1 N–H and O–H groups in total. The van der Waals surface area contributed by atoms with Gasteiger partial charge < -0.3 is 5.32 Å². The zero-order valence-corrected chi connectivity index (χ0v) is 13.9. The second-order valence-corrected chi connectivity index (χ2v) is 8.09. The van der Waals surface area contributed by atoms with E-state index in [2.05, 4.69) is 5.32 Å². The molecule has 1 amide bonds. The highest BCUT2D eigenvalue weighted by atomic mass is 32.2. The van der Waals surface area contributed by atoms with Crippen LogP contribution < -0.4 is 5.32 Å². The third-order valence-corrected chi connectivity index (χ3v) is 6.07. The number of hydrogen-bond acceptors (Lipinski definition) is 3. The van der Waals surface area contributed by atoms with E-state index in [-0.39, 0.29) is 28.9 Å². The molecule has 0 spiro atoms. The molecule has 0 atom stereocenters. The van der Waals surface area contributed by atoms with Gasteiger partial charge in [-0.25, -0.2) is 12.8 Å². The number of nitrogens with one attached hydrogen (secondary N) is 1. The molecule has 1 aliphatic rings. The van der Waals surface area contributed by atoms with Crippen LogP contribution in [0.25, 0.3) is 0 Å². The molecule has 1 fully saturated rings. The SMILES string of the molecule is O=C(NCCS(=O)(=O)c1ccccc1)C1(c2ccc(F)cc2)CC1. The van der Waals surface area contributed by atoms with E-state index in [4.69, 9.17) is 0 Å². The van der Waals surface area contributed by atoms with Gasteiger partial charge in [-0.05, 0) is 42.7 Å². The monoisotopic (exact) mass is 347 g/mol. The van der Waals surface area contributed by atoms with Gasteiger partial charge in [0.25, 0.3) is 0 Å². The lowest BCUT2D eigenvalue weighted by Gasteiger charge is -2.16. The van der Waals surface area contributed by atoms with Crippen LogP contribution in [-0.4, -0.2) is 26.6 Å². The molecule has 126 valence electrons. The molecule has 0 aliphatic heterocycles. The van der Waals surface area contributed by atoms with E-state index in [1.807, 2.05) is 0 Å². The van der Waals surface area contributed by atoms with Crippen LogP contribution in [0.2, 0.25) is 0 Å². The van der Waals surface area contributed by atoms with Crippen molar-refractivity contribution in [3.63, 3.8) is 0 Å². The molecule has 0 radical (unpaired) electrons. The Labute approximate surface area is 140 Å². The highest BCUT2D eigenvalue weighted by Crippen LogP contribution is 2.48. The fraction of sp³-hybridized carbons (Fsp3) is 0.278. The smallest absolute Gasteiger partial charge is 0.230 e. The summed E-state index contributed by atoms with van der Waals surface area (Å²) in [5, 5.41) is 2.71. The number of amides is 1. The maximum Gasteiger partial charge on any atom is 0.230 e. The van der Waals surface area contributed by atoms with Crippen LogP contribution in [0.1, 0.15) is 18.4 Å². The van der Waals surface area contributed by atoms with Crippen molar-refractivity contribution in [3.05, 3.63) is 66.0 Å². The van der Waals surface area contributed by atoms with Gasteiger partial charge in [-0.2, -0.15) is 0 Å². The normalized spacial score (nSPS) is 15.7. The number of benzene rings is 2. The molecular formula is C18H18FNO3S. The Morgan fingerprint density at radius 1 is 1.04 bits per heavy atom. The molecule has 4 nitrogen and oxygen atoms in total. The van der Waals surface area contributed by atoms with Gasteiger partial charge in [0.15, 0.2) is 9.84 Å². The van der Waals surface area contributed by atoms with E-state index in [0.717, 1.165) is 5.56 Å². The molecule has 6 heteroatoms. The van der Waals surface area contributed by atoms with E-state index in [9.17, 15) is 17.6 Å². The molecule has 0 unspecified atom stereocenters. The lowest BCUT2D eigenvalue weighted by atomic mass is 9.95. The van der Waals surface area contributed by atoms with Crippen LogP contribution >= 0.6 is 0 Å². The summed E-state index contributed by atoms with van der Waals surface area (Å²) in [6.45, 7) is 0.0546. The van der Waals surface area contributed by atoms with Gasteiger partial charge in [0.05, 0.1) is 16.1 Å². The van der Waals surface area contributed by atoms with Crippen LogP contribution in [0.3, 0.4) is 0 Å². The summed E-state index contributed by atoms with van der Waals surface area (Å²) >= 11 is 0. The predicted molar refractivity (Wildman–Crippen MR) is 88.8 cm³/mol. The second kappa shape index (κ2) is 6.36. The quantitative estimate of drug-likeness (QED) is 0.873. The lowest BCUT2D eigenvalue weighted by Crippen LogP contribution is -2.37. The molecule has 0 heterocycles. The van der Waals surface area contributed by atoms with Gasteiger partial charge in [0, 0.05) is 6.54 Å². The van der Waals surface area contributed by atoms with Crippen molar-refractivity contribution in [3.8, 4) is 0 Å². The minimum atomic E-state index is -3.42. The van der Waals surface area contributed by atoms with E-state index < -0.39 is 15.3 Å². The van der Waals surface area contributed by atoms with Crippen LogP contribution in [-0.2, 0) is 20.0 Å². The first-order valence-electron chi connectivity index (χ1n) is 7.76. The van der Waals surface area contributed by atoms with Crippen LogP contribution in [0.4, 0.5) is 4.39 Å². The molecule has 24 heavy (non-hydrogen) atoms. The Hall–Kier alpha value is -2.21. The first kappa shape index (κ1) is 16.6. The van der Waals surface area contributed by atoms with Crippen molar-refractivity contribution >= 4 is 15.7 Å². The Kier molecular flexibility index (Phi) is 4.41. The Morgan fingerprint density at radius 2 is 1.67 bits per heavy atom. The van der Waals surface area contributed by atoms with Gasteiger partial charge in [0.1, 0.15) is 5.82 Å². The number of rotatable bonds is 6. The summed E-state index contributed by atoms with van der Waals surface area (Å²) < 4.78 is 37.4. The first-order valence-corrected chi connectivity index (χ1v) is 9.41. The summed E-state index contributed by atoms with van der Waals surface area (Å²) in [6.07, 6.45) is 1.38. The molecule has 2 aromatic carbocycles. The Bertz CT molecular complexity index is 828. The van der Waals surface area contributed by atoms with Gasteiger partial charge in [-0.1, -0.05) is 30.3 Å². The maximum absolute atomic E-state index is 13.0. The Balaban J connectivity index is 1.61. The van der Waals surface area contributed by atoms with Gasteiger partial charge >= 0.3 is 0 Å². The number of sulfone groups is 1. The van der Waals surface area contributed by atoms with Gasteiger partial charge in [0.2, 0.25) is 5.91 Å². The predicted octanol–water partition coefficient (Wildman–Crippen LogP) is 2.45. The lowest BCUT2D eigenvalue weighted by molar-refractivity contribution is -0.123. The summed E-state index contributed by atoms with van der Waals surface area (Å²) in [5.41, 5.74) is 0.136. The second-order valence-electron chi connectivity index (χ2n) is 5.98. The third-order valence-electron chi connectivity index (χ3n) is 4.34. The summed E-state index contributed by atoms with van der Waals surface area (Å²) in [6, 6.07) is 14.1. The fourth-order valence-corrected chi connectivity index (χ4v) is 3.93. The fourth-order valence-electron chi connectivity index (χ4n) is 2.75. The van der Waals surface area contributed by atoms with Gasteiger partial charge in [-0.15, -0.1) is 0 Å². The number of carbonyl (C=O) groups is 1. The molecule has 0 bridgehead atoms. The third kappa shape index (κ3) is 3.33. The van der Waals surface area contributed by atoms with Crippen molar-refractivity contribution in [2.45, 2.75) is 23.2 Å². The molecular weight excluding hydrogens is 329 g/mol. The first-order chi connectivity index (χ1) is 11.4. The average Bonchev–Trinajstić information content (AvgIpc) is 3.38. The largest absolute Gasteiger partial charge is 0.354 e. The molecule has 1 saturated carbocycles. The molecule has 0 aromatic heterocycles. The van der Waals surface area contributed by atoms with E-state index in [0.29, 0.717) is 12.8 Å². The van der Waals surface area contributed by atoms with Crippen molar-refractivity contribution in [2.24, 2.45) is 0 Å². The number of hydrogen-bond donors (Lipinski definition) is 1. The zero-order valence-electron chi connectivity index (χ0n) is 13.0. The van der Waals surface area contributed by atoms with Crippen molar-refractivity contribution in [1.29, 1.82) is 0 Å². The van der Waals surface area contributed by atoms with Crippen molar-refractivity contribution in [1.82, 2.24) is 5.32 Å². The topological polar surface area (TPSA) is 63.2 Å². The maximum atomic E-state index is 13.0. The van der Waals surface area contributed by atoms with E-state index in [1.54, 1.807) is 30.3 Å². The molecule has 3 rings (SSSR count). The minimum Gasteiger partial charge on any atom is -0.354 e. The molecule has 0 saturated heterocycles. The molecule has 1 aliphatic carbocycles. The summed E-state index contributed by atoms with van der Waals surface area (Å²) in [4.78, 5) is 12.7. The Morgan fingerprint density at radius 3 is 2.25 bits per heavy atom. The van der Waals surface area contributed by atoms with E-state index in [1.165, 1.54) is 24.3 Å². The van der Waals surface area contributed by atoms with Crippen LogP contribution in [0.5, 0.6) is 0 Å². The minimum absolute atomic E-state index is 0.0546.